The zero-order chi connectivity index (χ0) is 16.9. The van der Waals surface area contributed by atoms with Crippen LogP contribution in [-0.2, 0) is 0 Å². The molecule has 0 aliphatic carbocycles. The molecule has 0 saturated carbocycles. The van der Waals surface area contributed by atoms with Gasteiger partial charge in [-0.15, -0.1) is 0 Å². The van der Waals surface area contributed by atoms with Crippen LogP contribution >= 0.6 is 0 Å². The van der Waals surface area contributed by atoms with Gasteiger partial charge in [-0.3, -0.25) is 9.80 Å². The fourth-order valence-corrected chi connectivity index (χ4v) is 2.50. The first kappa shape index (κ1) is 17.5. The van der Waals surface area contributed by atoms with Crippen molar-refractivity contribution in [3.8, 4) is 0 Å². The Hall–Kier alpha value is -1.88. The molecular formula is C18H27N3O2. The molecule has 0 radical (unpaired) electrons. The molecule has 2 rings (SSSR count). The minimum absolute atomic E-state index is 0.0561. The molecule has 1 aromatic carbocycles. The number of amides is 1. The van der Waals surface area contributed by atoms with E-state index < -0.39 is 0 Å². The highest BCUT2D eigenvalue weighted by atomic mass is 16.3. The van der Waals surface area contributed by atoms with Gasteiger partial charge in [0.25, 0.3) is 5.91 Å². The third-order valence-corrected chi connectivity index (χ3v) is 4.15. The number of nitrogens with one attached hydrogen (secondary N) is 1. The summed E-state index contributed by atoms with van der Waals surface area (Å²) in [5, 5.41) is 18.6. The average Bonchev–Trinajstić information content (AvgIpc) is 2.98. The lowest BCUT2D eigenvalue weighted by molar-refractivity contribution is 0.0948. The number of nitrogens with zero attached hydrogens (tertiary/aromatic N) is 2. The highest BCUT2D eigenvalue weighted by molar-refractivity contribution is 5.94. The van der Waals surface area contributed by atoms with Crippen LogP contribution in [0.15, 0.2) is 29.4 Å². The summed E-state index contributed by atoms with van der Waals surface area (Å²) in [5.74, 6) is -0.0561. The van der Waals surface area contributed by atoms with Gasteiger partial charge < -0.3 is 10.4 Å². The van der Waals surface area contributed by atoms with Gasteiger partial charge in [0.05, 0.1) is 5.69 Å². The van der Waals surface area contributed by atoms with Crippen LogP contribution in [0.1, 0.15) is 50.4 Å². The Kier molecular flexibility index (Phi) is 5.77. The molecule has 126 valence electrons. The molecule has 0 spiro atoms. The van der Waals surface area contributed by atoms with Crippen molar-refractivity contribution in [2.45, 2.75) is 40.0 Å². The molecule has 5 heteroatoms. The number of anilines is 1. The zero-order valence-electron chi connectivity index (χ0n) is 14.3. The van der Waals surface area contributed by atoms with Gasteiger partial charge >= 0.3 is 0 Å². The molecule has 0 atom stereocenters. The molecule has 1 aromatic rings. The number of hydrogen-bond acceptors (Lipinski definition) is 4. The van der Waals surface area contributed by atoms with Crippen molar-refractivity contribution < 1.29 is 9.90 Å². The number of hydrazone groups is 1. The third kappa shape index (κ3) is 5.06. The van der Waals surface area contributed by atoms with Gasteiger partial charge in [-0.1, -0.05) is 13.8 Å². The van der Waals surface area contributed by atoms with E-state index >= 15 is 0 Å². The molecule has 1 aliphatic rings. The molecule has 0 saturated heterocycles. The second-order valence-corrected chi connectivity index (χ2v) is 6.94. The Morgan fingerprint density at radius 1 is 1.35 bits per heavy atom. The number of carbonyl (C=O) groups excluding carboxylic acids is 1. The number of aliphatic hydroxyl groups excluding tert-OH is 1. The number of rotatable bonds is 7. The Balaban J connectivity index is 1.81. The largest absolute Gasteiger partial charge is 0.396 e. The number of hydrogen-bond donors (Lipinski definition) is 2. The standard InChI is InChI=1S/C18H27N3O2/c1-14-9-12-21(20-14)16-7-5-15(6-8-16)17(23)19-11-4-10-18(2,3)13-22/h5-8,22H,4,9-13H2,1-3H3,(H,19,23). The average molecular weight is 317 g/mol. The van der Waals surface area contributed by atoms with Crippen LogP contribution in [0.3, 0.4) is 0 Å². The molecule has 5 nitrogen and oxygen atoms in total. The summed E-state index contributed by atoms with van der Waals surface area (Å²) < 4.78 is 0. The van der Waals surface area contributed by atoms with Crippen LogP contribution in [-0.4, -0.2) is 36.4 Å². The predicted octanol–water partition coefficient (Wildman–Crippen LogP) is 2.80. The van der Waals surface area contributed by atoms with Gasteiger partial charge in [-0.2, -0.15) is 5.10 Å². The first-order valence-electron chi connectivity index (χ1n) is 8.22. The SMILES string of the molecule is CC1=NN(c2ccc(C(=O)NCCCC(C)(C)CO)cc2)CC1. The molecule has 2 N–H and O–H groups in total. The van der Waals surface area contributed by atoms with Crippen molar-refractivity contribution in [1.29, 1.82) is 0 Å². The first-order valence-corrected chi connectivity index (χ1v) is 8.22. The Morgan fingerprint density at radius 2 is 2.04 bits per heavy atom. The molecule has 0 bridgehead atoms. The van der Waals surface area contributed by atoms with Gasteiger partial charge in [-0.05, 0) is 49.4 Å². The minimum atomic E-state index is -0.0826. The molecule has 1 amide bonds. The lowest BCUT2D eigenvalue weighted by Crippen LogP contribution is -2.26. The van der Waals surface area contributed by atoms with Crippen molar-refractivity contribution >= 4 is 17.3 Å². The molecule has 1 heterocycles. The molecule has 1 aliphatic heterocycles. The highest BCUT2D eigenvalue weighted by Gasteiger charge is 2.16. The fourth-order valence-electron chi connectivity index (χ4n) is 2.50. The molecular weight excluding hydrogens is 290 g/mol. The summed E-state index contributed by atoms with van der Waals surface area (Å²) in [6, 6.07) is 7.55. The van der Waals surface area contributed by atoms with Crippen LogP contribution in [0.25, 0.3) is 0 Å². The maximum absolute atomic E-state index is 12.1. The summed E-state index contributed by atoms with van der Waals surface area (Å²) in [5.41, 5.74) is 2.73. The molecule has 0 aromatic heterocycles. The lowest BCUT2D eigenvalue weighted by Gasteiger charge is -2.21. The molecule has 0 unspecified atom stereocenters. The topological polar surface area (TPSA) is 64.9 Å². The van der Waals surface area contributed by atoms with Crippen LogP contribution < -0.4 is 10.3 Å². The summed E-state index contributed by atoms with van der Waals surface area (Å²) in [6.07, 6.45) is 2.74. The van der Waals surface area contributed by atoms with Gasteiger partial charge in [0.2, 0.25) is 0 Å². The second-order valence-electron chi connectivity index (χ2n) is 6.94. The van der Waals surface area contributed by atoms with E-state index in [-0.39, 0.29) is 17.9 Å². The maximum atomic E-state index is 12.1. The van der Waals surface area contributed by atoms with E-state index in [1.54, 1.807) is 0 Å². The summed E-state index contributed by atoms with van der Waals surface area (Å²) >= 11 is 0. The Morgan fingerprint density at radius 3 is 2.61 bits per heavy atom. The predicted molar refractivity (Wildman–Crippen MR) is 93.9 cm³/mol. The van der Waals surface area contributed by atoms with Gasteiger partial charge in [-0.25, -0.2) is 0 Å². The number of carbonyl (C=O) groups is 1. The van der Waals surface area contributed by atoms with Gasteiger partial charge in [0.1, 0.15) is 0 Å². The third-order valence-electron chi connectivity index (χ3n) is 4.15. The van der Waals surface area contributed by atoms with Crippen molar-refractivity contribution in [2.75, 3.05) is 24.7 Å². The van der Waals surface area contributed by atoms with Crippen molar-refractivity contribution in [2.24, 2.45) is 10.5 Å². The number of benzene rings is 1. The first-order chi connectivity index (χ1) is 10.9. The van der Waals surface area contributed by atoms with E-state index in [1.165, 1.54) is 0 Å². The summed E-state index contributed by atoms with van der Waals surface area (Å²) in [7, 11) is 0. The van der Waals surface area contributed by atoms with Crippen molar-refractivity contribution in [3.05, 3.63) is 29.8 Å². The number of aliphatic hydroxyl groups is 1. The monoisotopic (exact) mass is 317 g/mol. The molecule has 0 fully saturated rings. The van der Waals surface area contributed by atoms with E-state index in [1.807, 2.05) is 50.0 Å². The van der Waals surface area contributed by atoms with Crippen LogP contribution in [0.2, 0.25) is 0 Å². The summed E-state index contributed by atoms with van der Waals surface area (Å²) in [6.45, 7) is 7.77. The van der Waals surface area contributed by atoms with Gasteiger partial charge in [0.15, 0.2) is 0 Å². The highest BCUT2D eigenvalue weighted by Crippen LogP contribution is 2.21. The van der Waals surface area contributed by atoms with E-state index in [0.717, 1.165) is 37.2 Å². The maximum Gasteiger partial charge on any atom is 0.251 e. The normalized spacial score (nSPS) is 14.8. The second kappa shape index (κ2) is 7.59. The van der Waals surface area contributed by atoms with Crippen LogP contribution in [0.5, 0.6) is 0 Å². The fraction of sp³-hybridized carbons (Fsp3) is 0.556. The smallest absolute Gasteiger partial charge is 0.251 e. The van der Waals surface area contributed by atoms with E-state index in [9.17, 15) is 9.90 Å². The Bertz CT molecular complexity index is 564. The minimum Gasteiger partial charge on any atom is -0.396 e. The zero-order valence-corrected chi connectivity index (χ0v) is 14.3. The van der Waals surface area contributed by atoms with E-state index in [4.69, 9.17) is 0 Å². The van der Waals surface area contributed by atoms with Gasteiger partial charge in [0, 0.05) is 37.4 Å². The van der Waals surface area contributed by atoms with E-state index in [0.29, 0.717) is 12.1 Å². The molecule has 23 heavy (non-hydrogen) atoms. The lowest BCUT2D eigenvalue weighted by atomic mass is 9.89. The summed E-state index contributed by atoms with van der Waals surface area (Å²) in [4.78, 5) is 12.1. The van der Waals surface area contributed by atoms with E-state index in [2.05, 4.69) is 10.4 Å². The van der Waals surface area contributed by atoms with Crippen LogP contribution in [0.4, 0.5) is 5.69 Å². The Labute approximate surface area is 138 Å². The van der Waals surface area contributed by atoms with Crippen molar-refractivity contribution in [1.82, 2.24) is 5.32 Å². The van der Waals surface area contributed by atoms with Crippen molar-refractivity contribution in [3.63, 3.8) is 0 Å². The quantitative estimate of drug-likeness (QED) is 0.760. The van der Waals surface area contributed by atoms with Crippen LogP contribution in [0, 0.1) is 5.41 Å².